The number of rotatable bonds is 5. The summed E-state index contributed by atoms with van der Waals surface area (Å²) in [6.07, 6.45) is -0.275. The number of esters is 1. The Hall–Kier alpha value is -3.03. The molecule has 0 saturated heterocycles. The van der Waals surface area contributed by atoms with Gasteiger partial charge in [-0.2, -0.15) is 0 Å². The first-order valence-electron chi connectivity index (χ1n) is 8.54. The number of benzene rings is 2. The van der Waals surface area contributed by atoms with E-state index in [0.29, 0.717) is 5.02 Å². The second-order valence-corrected chi connectivity index (χ2v) is 7.24. The Bertz CT molecular complexity index is 1030. The van der Waals surface area contributed by atoms with Gasteiger partial charge in [0.2, 0.25) is 0 Å². The minimum Gasteiger partial charge on any atom is -0.506 e. The van der Waals surface area contributed by atoms with Gasteiger partial charge in [0.25, 0.3) is 11.8 Å². The Morgan fingerprint density at radius 2 is 1.72 bits per heavy atom. The van der Waals surface area contributed by atoms with E-state index < -0.39 is 17.8 Å². The molecule has 1 aliphatic heterocycles. The van der Waals surface area contributed by atoms with Crippen LogP contribution in [0.1, 0.15) is 24.2 Å². The van der Waals surface area contributed by atoms with E-state index in [-0.39, 0.29) is 39.5 Å². The van der Waals surface area contributed by atoms with Crippen LogP contribution >= 0.6 is 23.2 Å². The molecule has 7 nitrogen and oxygen atoms in total. The molecule has 3 rings (SSSR count). The molecule has 0 saturated carbocycles. The third kappa shape index (κ3) is 4.21. The van der Waals surface area contributed by atoms with Crippen molar-refractivity contribution in [1.29, 1.82) is 0 Å². The number of imide groups is 1. The quantitative estimate of drug-likeness (QED) is 0.418. The Balaban J connectivity index is 1.84. The van der Waals surface area contributed by atoms with Gasteiger partial charge < -0.3 is 15.2 Å². The Morgan fingerprint density at radius 1 is 1.07 bits per heavy atom. The van der Waals surface area contributed by atoms with Gasteiger partial charge in [-0.15, -0.1) is 0 Å². The average Bonchev–Trinajstić information content (AvgIpc) is 2.87. The number of aromatic hydroxyl groups is 1. The highest BCUT2D eigenvalue weighted by atomic mass is 35.5. The maximum absolute atomic E-state index is 12.8. The van der Waals surface area contributed by atoms with E-state index in [4.69, 9.17) is 27.9 Å². The molecule has 9 heteroatoms. The number of carbonyl (C=O) groups excluding carboxylic acids is 3. The number of amides is 2. The average molecular weight is 435 g/mol. The number of nitrogens with zero attached hydrogens (tertiary/aromatic N) is 1. The summed E-state index contributed by atoms with van der Waals surface area (Å²) in [6, 6.07) is 9.98. The molecule has 0 bridgehead atoms. The van der Waals surface area contributed by atoms with Crippen LogP contribution in [0.25, 0.3) is 0 Å². The van der Waals surface area contributed by atoms with Gasteiger partial charge in [0, 0.05) is 5.02 Å². The van der Waals surface area contributed by atoms with E-state index in [9.17, 15) is 19.5 Å². The van der Waals surface area contributed by atoms with E-state index in [2.05, 4.69) is 5.32 Å². The fourth-order valence-electron chi connectivity index (χ4n) is 2.62. The minimum absolute atomic E-state index is 0.125. The van der Waals surface area contributed by atoms with Crippen LogP contribution in [0.15, 0.2) is 53.2 Å². The predicted octanol–water partition coefficient (Wildman–Crippen LogP) is 4.05. The van der Waals surface area contributed by atoms with Crippen LogP contribution in [-0.2, 0) is 14.3 Å². The van der Waals surface area contributed by atoms with Crippen molar-refractivity contribution in [3.63, 3.8) is 0 Å². The number of nitrogens with one attached hydrogen (secondary N) is 1. The molecule has 2 amide bonds. The lowest BCUT2D eigenvalue weighted by Gasteiger charge is -2.16. The SMILES string of the molecule is CC(C)OC(=O)c1ccc(N2C(=O)C(Cl)=C(Nc3cc(Cl)ccc3O)C2=O)cc1. The molecule has 0 atom stereocenters. The summed E-state index contributed by atoms with van der Waals surface area (Å²) in [5.74, 6) is -2.13. The van der Waals surface area contributed by atoms with Gasteiger partial charge in [-0.1, -0.05) is 23.2 Å². The lowest BCUT2D eigenvalue weighted by atomic mass is 10.2. The molecule has 0 aromatic heterocycles. The van der Waals surface area contributed by atoms with Gasteiger partial charge in [0.15, 0.2) is 0 Å². The number of phenols is 1. The van der Waals surface area contributed by atoms with Gasteiger partial charge in [0.05, 0.1) is 23.0 Å². The third-order valence-electron chi connectivity index (χ3n) is 3.95. The van der Waals surface area contributed by atoms with E-state index >= 15 is 0 Å². The first kappa shape index (κ1) is 20.7. The van der Waals surface area contributed by atoms with E-state index in [1.54, 1.807) is 13.8 Å². The second-order valence-electron chi connectivity index (χ2n) is 6.42. The third-order valence-corrected chi connectivity index (χ3v) is 4.54. The standard InChI is InChI=1S/C20H16Cl2N2O5/c1-10(2)29-20(28)11-3-6-13(7-4-11)24-18(26)16(22)17(19(24)27)23-14-9-12(21)5-8-15(14)25/h3-10,23,25H,1-2H3. The Labute approximate surface area is 176 Å². The maximum Gasteiger partial charge on any atom is 0.338 e. The van der Waals surface area contributed by atoms with E-state index in [1.807, 2.05) is 0 Å². The summed E-state index contributed by atoms with van der Waals surface area (Å²) in [5.41, 5.74) is 0.437. The highest BCUT2D eigenvalue weighted by molar-refractivity contribution is 6.53. The van der Waals surface area contributed by atoms with Crippen molar-refractivity contribution in [2.24, 2.45) is 0 Å². The molecule has 2 aromatic carbocycles. The molecule has 0 fully saturated rings. The van der Waals surface area contributed by atoms with Crippen molar-refractivity contribution in [2.45, 2.75) is 20.0 Å². The topological polar surface area (TPSA) is 95.9 Å². The molecule has 2 aromatic rings. The van der Waals surface area contributed by atoms with Crippen molar-refractivity contribution in [3.05, 3.63) is 63.8 Å². The zero-order valence-electron chi connectivity index (χ0n) is 15.4. The summed E-state index contributed by atoms with van der Waals surface area (Å²) < 4.78 is 5.10. The number of carbonyl (C=O) groups is 3. The van der Waals surface area contributed by atoms with Crippen molar-refractivity contribution in [1.82, 2.24) is 0 Å². The van der Waals surface area contributed by atoms with Gasteiger partial charge in [-0.3, -0.25) is 9.59 Å². The van der Waals surface area contributed by atoms with E-state index in [1.165, 1.54) is 42.5 Å². The van der Waals surface area contributed by atoms with Gasteiger partial charge in [0.1, 0.15) is 16.5 Å². The highest BCUT2D eigenvalue weighted by Gasteiger charge is 2.39. The zero-order valence-corrected chi connectivity index (χ0v) is 16.9. The molecule has 150 valence electrons. The van der Waals surface area contributed by atoms with E-state index in [0.717, 1.165) is 4.90 Å². The fraction of sp³-hybridized carbons (Fsp3) is 0.150. The molecule has 1 aliphatic rings. The monoisotopic (exact) mass is 434 g/mol. The molecular formula is C20H16Cl2N2O5. The fourth-order valence-corrected chi connectivity index (χ4v) is 3.00. The Morgan fingerprint density at radius 3 is 2.34 bits per heavy atom. The predicted molar refractivity (Wildman–Crippen MR) is 109 cm³/mol. The summed E-state index contributed by atoms with van der Waals surface area (Å²) in [4.78, 5) is 38.1. The van der Waals surface area contributed by atoms with Crippen LogP contribution < -0.4 is 10.2 Å². The Kier molecular flexibility index (Phi) is 5.81. The smallest absolute Gasteiger partial charge is 0.338 e. The van der Waals surface area contributed by atoms with Gasteiger partial charge >= 0.3 is 5.97 Å². The van der Waals surface area contributed by atoms with Crippen LogP contribution in [0.3, 0.4) is 0 Å². The summed E-state index contributed by atoms with van der Waals surface area (Å²) in [5, 5.41) is 12.6. The summed E-state index contributed by atoms with van der Waals surface area (Å²) in [6.45, 7) is 3.46. The van der Waals surface area contributed by atoms with Crippen LogP contribution in [0.4, 0.5) is 11.4 Å². The van der Waals surface area contributed by atoms with Crippen molar-refractivity contribution >= 4 is 52.4 Å². The number of ether oxygens (including phenoxy) is 1. The van der Waals surface area contributed by atoms with Crippen LogP contribution in [0.2, 0.25) is 5.02 Å². The number of hydrogen-bond acceptors (Lipinski definition) is 6. The molecule has 0 aliphatic carbocycles. The van der Waals surface area contributed by atoms with Crippen molar-refractivity contribution < 1.29 is 24.2 Å². The molecule has 0 radical (unpaired) electrons. The number of phenolic OH excluding ortho intramolecular Hbond substituents is 1. The van der Waals surface area contributed by atoms with Crippen LogP contribution in [-0.4, -0.2) is 29.0 Å². The number of halogens is 2. The lowest BCUT2D eigenvalue weighted by Crippen LogP contribution is -2.32. The van der Waals surface area contributed by atoms with Crippen molar-refractivity contribution in [3.8, 4) is 5.75 Å². The van der Waals surface area contributed by atoms with Crippen molar-refractivity contribution in [2.75, 3.05) is 10.2 Å². The first-order valence-corrected chi connectivity index (χ1v) is 9.29. The molecule has 0 unspecified atom stereocenters. The summed E-state index contributed by atoms with van der Waals surface area (Å²) >= 11 is 12.0. The maximum atomic E-state index is 12.8. The minimum atomic E-state index is -0.738. The molecule has 0 spiro atoms. The van der Waals surface area contributed by atoms with Gasteiger partial charge in [-0.05, 0) is 56.3 Å². The number of anilines is 2. The van der Waals surface area contributed by atoms with Gasteiger partial charge in [-0.25, -0.2) is 9.69 Å². The molecule has 2 N–H and O–H groups in total. The summed E-state index contributed by atoms with van der Waals surface area (Å²) in [7, 11) is 0. The largest absolute Gasteiger partial charge is 0.506 e. The lowest BCUT2D eigenvalue weighted by molar-refractivity contribution is -0.120. The van der Waals surface area contributed by atoms with Crippen LogP contribution in [0, 0.1) is 0 Å². The number of hydrogen-bond donors (Lipinski definition) is 2. The molecular weight excluding hydrogens is 419 g/mol. The zero-order chi connectivity index (χ0) is 21.3. The van der Waals surface area contributed by atoms with Crippen LogP contribution in [0.5, 0.6) is 5.75 Å². The molecule has 29 heavy (non-hydrogen) atoms. The highest BCUT2D eigenvalue weighted by Crippen LogP contribution is 2.33. The normalized spacial score (nSPS) is 14.0. The first-order chi connectivity index (χ1) is 13.7. The second kappa shape index (κ2) is 8.14. The molecule has 1 heterocycles.